The van der Waals surface area contributed by atoms with Gasteiger partial charge in [-0.05, 0) is 62.1 Å². The molecular weight excluding hydrogens is 442 g/mol. The normalized spacial score (nSPS) is 23.4. The van der Waals surface area contributed by atoms with Gasteiger partial charge in [0, 0.05) is 22.7 Å². The van der Waals surface area contributed by atoms with Crippen molar-refractivity contribution in [3.8, 4) is 11.3 Å². The minimum absolute atomic E-state index is 0.165. The fourth-order valence-electron chi connectivity index (χ4n) is 4.03. The molecule has 1 saturated heterocycles. The molecule has 1 amide bonds. The molecule has 1 aromatic heterocycles. The number of hydrogen-bond acceptors (Lipinski definition) is 5. The first-order valence-electron chi connectivity index (χ1n) is 9.69. The summed E-state index contributed by atoms with van der Waals surface area (Å²) in [5, 5.41) is 10.0. The van der Waals surface area contributed by atoms with Crippen LogP contribution in [0, 0.1) is 12.8 Å². The van der Waals surface area contributed by atoms with E-state index in [1.807, 2.05) is 37.3 Å². The number of aryl methyl sites for hydroxylation is 1. The lowest BCUT2D eigenvalue weighted by Crippen LogP contribution is -2.42. The first kappa shape index (κ1) is 21.2. The number of hydrogen-bond donors (Lipinski definition) is 1. The lowest BCUT2D eigenvalue weighted by molar-refractivity contribution is -0.144. The molecule has 4 rings (SSSR count). The van der Waals surface area contributed by atoms with E-state index in [0.717, 1.165) is 24.0 Å². The van der Waals surface area contributed by atoms with Gasteiger partial charge in [0.25, 0.3) is 5.91 Å². The molecule has 5 nitrogen and oxygen atoms in total. The third-order valence-electron chi connectivity index (χ3n) is 5.54. The Morgan fingerprint density at radius 1 is 1.33 bits per heavy atom. The van der Waals surface area contributed by atoms with E-state index in [9.17, 15) is 14.7 Å². The Morgan fingerprint density at radius 2 is 2.13 bits per heavy atom. The second-order valence-corrected chi connectivity index (χ2v) is 9.68. The van der Waals surface area contributed by atoms with Crippen LogP contribution in [0.3, 0.4) is 0 Å². The summed E-state index contributed by atoms with van der Waals surface area (Å²) in [6.45, 7) is 1.96. The van der Waals surface area contributed by atoms with E-state index in [0.29, 0.717) is 38.6 Å². The van der Waals surface area contributed by atoms with Crippen LogP contribution in [0.5, 0.6) is 0 Å². The Hall–Kier alpha value is -2.09. The molecule has 0 radical (unpaired) electrons. The van der Waals surface area contributed by atoms with Crippen LogP contribution in [0.25, 0.3) is 17.4 Å². The van der Waals surface area contributed by atoms with Crippen LogP contribution in [-0.4, -0.2) is 32.2 Å². The lowest BCUT2D eigenvalue weighted by Gasteiger charge is -2.32. The Morgan fingerprint density at radius 3 is 2.87 bits per heavy atom. The van der Waals surface area contributed by atoms with E-state index in [4.69, 9.17) is 28.2 Å². The Kier molecular flexibility index (Phi) is 6.04. The minimum atomic E-state index is -0.804. The Labute approximate surface area is 189 Å². The number of furan rings is 1. The zero-order valence-corrected chi connectivity index (χ0v) is 18.6. The van der Waals surface area contributed by atoms with E-state index < -0.39 is 11.9 Å². The number of halogens is 1. The average molecular weight is 462 g/mol. The largest absolute Gasteiger partial charge is 0.481 e. The second kappa shape index (κ2) is 8.57. The molecule has 1 N–H and O–H groups in total. The average Bonchev–Trinajstić information content (AvgIpc) is 3.26. The maximum Gasteiger partial charge on any atom is 0.306 e. The molecule has 156 valence electrons. The maximum absolute atomic E-state index is 13.0. The van der Waals surface area contributed by atoms with Gasteiger partial charge < -0.3 is 9.52 Å². The van der Waals surface area contributed by atoms with Crippen LogP contribution in [0.1, 0.15) is 37.0 Å². The highest BCUT2D eigenvalue weighted by molar-refractivity contribution is 8.26. The first-order valence-corrected chi connectivity index (χ1v) is 11.3. The molecule has 2 heterocycles. The summed E-state index contributed by atoms with van der Waals surface area (Å²) in [6.07, 6.45) is 4.33. The summed E-state index contributed by atoms with van der Waals surface area (Å²) in [5.74, 6) is -0.148. The number of thiocarbonyl (C=S) groups is 1. The quantitative estimate of drug-likeness (QED) is 0.461. The van der Waals surface area contributed by atoms with Gasteiger partial charge in [-0.25, -0.2) is 0 Å². The van der Waals surface area contributed by atoms with Crippen LogP contribution >= 0.6 is 35.6 Å². The molecule has 1 aromatic carbocycles. The van der Waals surface area contributed by atoms with Crippen molar-refractivity contribution >= 4 is 57.9 Å². The number of aliphatic carboxylic acids is 1. The maximum atomic E-state index is 13.0. The SMILES string of the molecule is Cc1cc(Cl)ccc1-c1ccc(/C=C2/SC(=S)N(C3CCCC(C(=O)O)C3)C2=O)o1. The molecule has 0 spiro atoms. The summed E-state index contributed by atoms with van der Waals surface area (Å²) in [4.78, 5) is 26.5. The molecular formula is C22H20ClNO4S2. The fraction of sp³-hybridized carbons (Fsp3) is 0.318. The Bertz CT molecular complexity index is 1060. The van der Waals surface area contributed by atoms with Gasteiger partial charge in [0.1, 0.15) is 15.8 Å². The topological polar surface area (TPSA) is 70.8 Å². The van der Waals surface area contributed by atoms with Gasteiger partial charge in [0.05, 0.1) is 10.8 Å². The van der Waals surface area contributed by atoms with Crippen molar-refractivity contribution < 1.29 is 19.1 Å². The highest BCUT2D eigenvalue weighted by Crippen LogP contribution is 2.39. The van der Waals surface area contributed by atoms with E-state index in [1.54, 1.807) is 11.0 Å². The second-order valence-electron chi connectivity index (χ2n) is 7.57. The number of rotatable bonds is 4. The van der Waals surface area contributed by atoms with Crippen molar-refractivity contribution in [2.75, 3.05) is 0 Å². The number of carboxylic acids is 1. The molecule has 30 heavy (non-hydrogen) atoms. The molecule has 2 aromatic rings. The number of nitrogens with zero attached hydrogens (tertiary/aromatic N) is 1. The predicted octanol–water partition coefficient (Wildman–Crippen LogP) is 5.75. The van der Waals surface area contributed by atoms with Crippen molar-refractivity contribution in [2.45, 2.75) is 38.6 Å². The van der Waals surface area contributed by atoms with Crippen molar-refractivity contribution in [3.05, 3.63) is 51.6 Å². The molecule has 0 bridgehead atoms. The Balaban J connectivity index is 1.54. The van der Waals surface area contributed by atoms with Crippen LogP contribution < -0.4 is 0 Å². The molecule has 2 aliphatic rings. The third kappa shape index (κ3) is 4.19. The number of benzene rings is 1. The molecule has 1 aliphatic carbocycles. The summed E-state index contributed by atoms with van der Waals surface area (Å²) in [5.41, 5.74) is 1.94. The van der Waals surface area contributed by atoms with Crippen molar-refractivity contribution in [3.63, 3.8) is 0 Å². The highest BCUT2D eigenvalue weighted by Gasteiger charge is 2.40. The summed E-state index contributed by atoms with van der Waals surface area (Å²) < 4.78 is 6.42. The van der Waals surface area contributed by atoms with E-state index in [2.05, 4.69) is 0 Å². The van der Waals surface area contributed by atoms with Gasteiger partial charge in [0.2, 0.25) is 0 Å². The number of thioether (sulfide) groups is 1. The van der Waals surface area contributed by atoms with Gasteiger partial charge in [-0.2, -0.15) is 0 Å². The van der Waals surface area contributed by atoms with Crippen molar-refractivity contribution in [1.29, 1.82) is 0 Å². The lowest BCUT2D eigenvalue weighted by atomic mass is 9.85. The summed E-state index contributed by atoms with van der Waals surface area (Å²) >= 11 is 12.7. The van der Waals surface area contributed by atoms with Crippen LogP contribution in [0.4, 0.5) is 0 Å². The molecule has 1 aliphatic heterocycles. The third-order valence-corrected chi connectivity index (χ3v) is 7.10. The zero-order valence-electron chi connectivity index (χ0n) is 16.3. The van der Waals surface area contributed by atoms with Crippen LogP contribution in [0.2, 0.25) is 5.02 Å². The minimum Gasteiger partial charge on any atom is -0.481 e. The number of carbonyl (C=O) groups is 2. The van der Waals surface area contributed by atoms with Crippen molar-refractivity contribution in [1.82, 2.24) is 4.90 Å². The van der Waals surface area contributed by atoms with Gasteiger partial charge >= 0.3 is 5.97 Å². The first-order chi connectivity index (χ1) is 14.3. The van der Waals surface area contributed by atoms with Crippen LogP contribution in [0.15, 0.2) is 39.7 Å². The fourth-order valence-corrected chi connectivity index (χ4v) is 5.63. The monoisotopic (exact) mass is 461 g/mol. The summed E-state index contributed by atoms with van der Waals surface area (Å²) in [6, 6.07) is 9.10. The van der Waals surface area contributed by atoms with Gasteiger partial charge in [-0.1, -0.05) is 42.0 Å². The predicted molar refractivity (Wildman–Crippen MR) is 122 cm³/mol. The standard InChI is InChI=1S/C22H20ClNO4S2/c1-12-9-14(23)5-7-17(12)18-8-6-16(28-18)11-19-20(25)24(22(29)30-19)15-4-2-3-13(10-15)21(26)27/h5-9,11,13,15H,2-4,10H2,1H3,(H,26,27)/b19-11+. The molecule has 8 heteroatoms. The molecule has 1 saturated carbocycles. The number of carboxylic acid groups (broad SMARTS) is 1. The zero-order chi connectivity index (χ0) is 21.4. The number of amides is 1. The highest BCUT2D eigenvalue weighted by atomic mass is 35.5. The molecule has 2 atom stereocenters. The van der Waals surface area contributed by atoms with Crippen LogP contribution in [-0.2, 0) is 9.59 Å². The van der Waals surface area contributed by atoms with Gasteiger partial charge in [-0.15, -0.1) is 0 Å². The van der Waals surface area contributed by atoms with Gasteiger partial charge in [0.15, 0.2) is 0 Å². The van der Waals surface area contributed by atoms with Gasteiger partial charge in [-0.3, -0.25) is 14.5 Å². The number of carbonyl (C=O) groups excluding carboxylic acids is 1. The van der Waals surface area contributed by atoms with E-state index in [1.165, 1.54) is 11.8 Å². The molecule has 2 unspecified atom stereocenters. The van der Waals surface area contributed by atoms with Crippen molar-refractivity contribution in [2.24, 2.45) is 5.92 Å². The van der Waals surface area contributed by atoms with E-state index >= 15 is 0 Å². The van der Waals surface area contributed by atoms with E-state index in [-0.39, 0.29) is 11.9 Å². The molecule has 2 fully saturated rings. The summed E-state index contributed by atoms with van der Waals surface area (Å²) in [7, 11) is 0. The smallest absolute Gasteiger partial charge is 0.306 e.